The zero-order valence-electron chi connectivity index (χ0n) is 40.2. The number of phosphoric ester groups is 1. The number of benzene rings is 2. The van der Waals surface area contributed by atoms with Gasteiger partial charge in [-0.05, 0) is 60.8 Å². The number of nitrogens with zero attached hydrogens (tertiary/aromatic N) is 3. The number of aromatic nitrogens is 2. The lowest BCUT2D eigenvalue weighted by Gasteiger charge is -2.32. The molecule has 0 spiro atoms. The van der Waals surface area contributed by atoms with Gasteiger partial charge in [0, 0.05) is 44.2 Å². The van der Waals surface area contributed by atoms with E-state index in [2.05, 4.69) is 46.1 Å². The highest BCUT2D eigenvalue weighted by Crippen LogP contribution is 2.37. The summed E-state index contributed by atoms with van der Waals surface area (Å²) < 4.78 is 16.1. The normalized spacial score (nSPS) is 16.5. The third-order valence-corrected chi connectivity index (χ3v) is 12.3. The van der Waals surface area contributed by atoms with E-state index < -0.39 is 103 Å². The van der Waals surface area contributed by atoms with E-state index in [4.69, 9.17) is 17.2 Å². The number of carboxylic acids is 1. The zero-order chi connectivity index (χ0) is 52.4. The van der Waals surface area contributed by atoms with Gasteiger partial charge >= 0.3 is 13.8 Å². The SMILES string of the molecule is CC[C@H](C)[C@H](NC(=O)[C@H](Cc1ccc(OP(=O)(O)O)cc1)NC(=O)[C@@H](NC(=O)[C@@H](N)CCCN=C(N)N)C(C)C)C(=O)N[C@@H](Cc1cnc[nH]1)C(=O)N1CCC[C@H]1C(=O)N[C@@H](Cc1ccccc1)C(=O)O. The standard InChI is InChI=1S/C46H67N12O12P/c1-5-27(4)38(43(63)54-34(23-30-24-50-25-52-30)44(64)58-20-10-14-36(58)41(61)55-35(45(65)66)22-28-11-7-6-8-12-28)57-40(60)33(21-29-15-17-31(18-16-29)70-71(67,68)69)53-42(62)37(26(2)3)56-39(59)32(47)13-9-19-51-46(48)49/h6-8,11-12,15-18,24-27,32-38H,5,9-10,13-14,19-23,47H2,1-4H3,(H,50,52)(H,53,62)(H,54,63)(H,55,61)(H,56,59)(H,57,60)(H,65,66)(H4,48,49,51)(H2,67,68,69)/t27-,32-,33-,34-,35-,36-,37-,38-/m0/s1. The zero-order valence-corrected chi connectivity index (χ0v) is 41.0. The van der Waals surface area contributed by atoms with E-state index in [0.717, 1.165) is 0 Å². The average Bonchev–Trinajstić information content (AvgIpc) is 4.03. The van der Waals surface area contributed by atoms with Crippen LogP contribution in [-0.4, -0.2) is 133 Å². The number of hydrogen-bond donors (Lipinski definition) is 12. The highest BCUT2D eigenvalue weighted by atomic mass is 31.2. The quantitative estimate of drug-likeness (QED) is 0.0198. The second kappa shape index (κ2) is 26.9. The lowest BCUT2D eigenvalue weighted by atomic mass is 9.96. The Labute approximate surface area is 411 Å². The maximum Gasteiger partial charge on any atom is 0.524 e. The van der Waals surface area contributed by atoms with Crippen molar-refractivity contribution < 1.29 is 57.5 Å². The maximum atomic E-state index is 14.5. The van der Waals surface area contributed by atoms with Crippen LogP contribution in [0.4, 0.5) is 0 Å². The van der Waals surface area contributed by atoms with Crippen LogP contribution in [0.5, 0.6) is 5.75 Å². The number of rotatable bonds is 27. The topological polar surface area (TPSA) is 389 Å². The molecule has 2 heterocycles. The number of guanidine groups is 1. The Hall–Kier alpha value is -6.88. The van der Waals surface area contributed by atoms with E-state index in [1.165, 1.54) is 41.7 Å². The van der Waals surface area contributed by atoms with Crippen molar-refractivity contribution in [3.05, 3.63) is 83.9 Å². The van der Waals surface area contributed by atoms with Gasteiger partial charge in [-0.25, -0.2) is 14.3 Å². The summed E-state index contributed by atoms with van der Waals surface area (Å²) in [4.78, 5) is 127. The third-order valence-electron chi connectivity index (χ3n) is 11.9. The van der Waals surface area contributed by atoms with Gasteiger partial charge in [-0.2, -0.15) is 0 Å². The lowest BCUT2D eigenvalue weighted by molar-refractivity contribution is -0.145. The molecule has 71 heavy (non-hydrogen) atoms. The van der Waals surface area contributed by atoms with Crippen LogP contribution in [0.1, 0.15) is 76.6 Å². The van der Waals surface area contributed by atoms with Crippen molar-refractivity contribution in [2.75, 3.05) is 13.1 Å². The van der Waals surface area contributed by atoms with Crippen molar-refractivity contribution in [3.63, 3.8) is 0 Å². The molecule has 4 rings (SSSR count). The minimum absolute atomic E-state index is 0.00218. The molecule has 8 atom stereocenters. The number of aliphatic carboxylic acids is 1. The van der Waals surface area contributed by atoms with E-state index in [1.54, 1.807) is 58.0 Å². The molecule has 1 aromatic heterocycles. The van der Waals surface area contributed by atoms with Crippen molar-refractivity contribution in [1.29, 1.82) is 0 Å². The monoisotopic (exact) mass is 1010 g/mol. The van der Waals surface area contributed by atoms with Gasteiger partial charge in [-0.1, -0.05) is 76.6 Å². The Morgan fingerprint density at radius 1 is 0.831 bits per heavy atom. The van der Waals surface area contributed by atoms with Crippen LogP contribution >= 0.6 is 7.82 Å². The Bertz CT molecular complexity index is 2350. The van der Waals surface area contributed by atoms with E-state index in [9.17, 15) is 53.0 Å². The summed E-state index contributed by atoms with van der Waals surface area (Å²) in [7, 11) is -4.91. The average molecular weight is 1010 g/mol. The number of likely N-dealkylation sites (tertiary alicyclic amines) is 1. The number of carbonyl (C=O) groups excluding carboxylic acids is 6. The highest BCUT2D eigenvalue weighted by molar-refractivity contribution is 7.46. The van der Waals surface area contributed by atoms with Gasteiger partial charge in [0.2, 0.25) is 35.4 Å². The number of carbonyl (C=O) groups is 7. The number of phosphoric acid groups is 1. The first kappa shape index (κ1) is 56.7. The largest absolute Gasteiger partial charge is 0.524 e. The Morgan fingerprint density at radius 2 is 1.45 bits per heavy atom. The molecule has 1 saturated heterocycles. The van der Waals surface area contributed by atoms with Crippen LogP contribution in [0, 0.1) is 11.8 Å². The van der Waals surface area contributed by atoms with Crippen LogP contribution in [-0.2, 0) is 57.4 Å². The lowest BCUT2D eigenvalue weighted by Crippen LogP contribution is -2.61. The van der Waals surface area contributed by atoms with Crippen LogP contribution in [0.2, 0.25) is 0 Å². The van der Waals surface area contributed by atoms with Crippen LogP contribution in [0.15, 0.2) is 72.1 Å². The maximum absolute atomic E-state index is 14.5. The summed E-state index contributed by atoms with van der Waals surface area (Å²) in [6.07, 6.45) is 4.07. The first-order valence-electron chi connectivity index (χ1n) is 23.3. The molecule has 24 nitrogen and oxygen atoms in total. The molecule has 1 aliphatic heterocycles. The predicted octanol–water partition coefficient (Wildman–Crippen LogP) is -0.508. The van der Waals surface area contributed by atoms with Crippen LogP contribution in [0.25, 0.3) is 0 Å². The van der Waals surface area contributed by atoms with Gasteiger partial charge in [0.05, 0.1) is 12.4 Å². The smallest absolute Gasteiger partial charge is 0.480 e. The van der Waals surface area contributed by atoms with E-state index in [0.29, 0.717) is 36.1 Å². The molecule has 1 aliphatic rings. The van der Waals surface area contributed by atoms with Crippen molar-refractivity contribution >= 4 is 55.2 Å². The molecule has 388 valence electrons. The first-order valence-corrected chi connectivity index (χ1v) is 24.8. The molecule has 0 bridgehead atoms. The number of amides is 6. The fourth-order valence-electron chi connectivity index (χ4n) is 7.83. The number of hydrogen-bond acceptors (Lipinski definition) is 12. The minimum atomic E-state index is -4.91. The van der Waals surface area contributed by atoms with Crippen molar-refractivity contribution in [1.82, 2.24) is 41.5 Å². The fourth-order valence-corrected chi connectivity index (χ4v) is 8.23. The Kier molecular flexibility index (Phi) is 21.5. The molecular weight excluding hydrogens is 944 g/mol. The summed E-state index contributed by atoms with van der Waals surface area (Å²) >= 11 is 0. The van der Waals surface area contributed by atoms with Gasteiger partial charge in [-0.15, -0.1) is 0 Å². The van der Waals surface area contributed by atoms with Crippen molar-refractivity contribution in [3.8, 4) is 5.75 Å². The number of H-pyrrole nitrogens is 1. The molecular formula is C46H67N12O12P. The van der Waals surface area contributed by atoms with Gasteiger partial charge < -0.3 is 63.3 Å². The number of nitrogens with two attached hydrogens (primary N) is 3. The Balaban J connectivity index is 1.59. The van der Waals surface area contributed by atoms with Gasteiger partial charge in [0.25, 0.3) is 0 Å². The molecule has 3 aromatic rings. The number of carboxylic acid groups (broad SMARTS) is 1. The van der Waals surface area contributed by atoms with E-state index >= 15 is 0 Å². The number of aromatic amines is 1. The predicted molar refractivity (Wildman–Crippen MR) is 259 cm³/mol. The summed E-state index contributed by atoms with van der Waals surface area (Å²) in [5.41, 5.74) is 18.4. The number of nitrogens with one attached hydrogen (secondary N) is 6. The molecule has 0 radical (unpaired) electrons. The first-order chi connectivity index (χ1) is 33.6. The fraction of sp³-hybridized carbons (Fsp3) is 0.500. The van der Waals surface area contributed by atoms with Crippen molar-refractivity contribution in [2.24, 2.45) is 34.0 Å². The molecule has 0 saturated carbocycles. The number of imidazole rings is 1. The summed E-state index contributed by atoms with van der Waals surface area (Å²) in [6.45, 7) is 7.17. The summed E-state index contributed by atoms with van der Waals surface area (Å²) in [6, 6.07) is 5.48. The second-order valence-electron chi connectivity index (χ2n) is 17.8. The summed E-state index contributed by atoms with van der Waals surface area (Å²) in [5, 5.41) is 23.5. The van der Waals surface area contributed by atoms with Crippen LogP contribution in [0.3, 0.4) is 0 Å². The van der Waals surface area contributed by atoms with E-state index in [1.807, 2.05) is 0 Å². The molecule has 0 aliphatic carbocycles. The molecule has 6 amide bonds. The molecule has 0 unspecified atom stereocenters. The second-order valence-corrected chi connectivity index (χ2v) is 18.9. The van der Waals surface area contributed by atoms with Gasteiger partial charge in [-0.3, -0.25) is 43.5 Å². The van der Waals surface area contributed by atoms with Gasteiger partial charge in [0.15, 0.2) is 5.96 Å². The Morgan fingerprint density at radius 3 is 2.04 bits per heavy atom. The van der Waals surface area contributed by atoms with Crippen LogP contribution < -0.4 is 48.3 Å². The highest BCUT2D eigenvalue weighted by Gasteiger charge is 2.41. The van der Waals surface area contributed by atoms with Crippen molar-refractivity contribution in [2.45, 2.75) is 121 Å². The minimum Gasteiger partial charge on any atom is -0.480 e. The molecule has 1 fully saturated rings. The number of aliphatic imine (C=N–C) groups is 1. The molecule has 15 N–H and O–H groups in total. The molecule has 2 aromatic carbocycles. The van der Waals surface area contributed by atoms with E-state index in [-0.39, 0.29) is 56.9 Å². The van der Waals surface area contributed by atoms with Gasteiger partial charge in [0.1, 0.15) is 42.0 Å². The summed E-state index contributed by atoms with van der Waals surface area (Å²) in [5.74, 6) is -6.97. The molecule has 25 heteroatoms. The third kappa shape index (κ3) is 18.1.